The molecule has 2 saturated heterocycles. The number of likely N-dealkylation sites (tertiary alicyclic amines) is 1. The summed E-state index contributed by atoms with van der Waals surface area (Å²) in [6.45, 7) is 1.73. The lowest BCUT2D eigenvalue weighted by molar-refractivity contribution is -0.137. The predicted molar refractivity (Wildman–Crippen MR) is 128 cm³/mol. The van der Waals surface area contributed by atoms with E-state index < -0.39 is 29.3 Å². The van der Waals surface area contributed by atoms with Gasteiger partial charge >= 0.3 is 12.2 Å². The van der Waals surface area contributed by atoms with Crippen LogP contribution in [0.4, 0.5) is 23.7 Å². The third-order valence-electron chi connectivity index (χ3n) is 7.25. The molecule has 10 heteroatoms. The summed E-state index contributed by atoms with van der Waals surface area (Å²) in [4.78, 5) is 28.4. The molecule has 2 aromatic rings. The van der Waals surface area contributed by atoms with E-state index >= 15 is 0 Å². The molecule has 1 unspecified atom stereocenters. The Bertz CT molecular complexity index is 1150. The highest BCUT2D eigenvalue weighted by Gasteiger charge is 2.49. The third-order valence-corrected chi connectivity index (χ3v) is 7.25. The fraction of sp³-hybridized carbons (Fsp3) is 0.423. The van der Waals surface area contributed by atoms with Gasteiger partial charge in [0.1, 0.15) is 6.04 Å². The second kappa shape index (κ2) is 10.1. The van der Waals surface area contributed by atoms with Gasteiger partial charge in [-0.1, -0.05) is 30.3 Å². The number of carbonyl (C=O) groups excluding carboxylic acids is 2. The van der Waals surface area contributed by atoms with Gasteiger partial charge in [-0.25, -0.2) is 4.79 Å². The molecule has 2 aliphatic rings. The molecule has 7 nitrogen and oxygen atoms in total. The Morgan fingerprint density at radius 2 is 1.83 bits per heavy atom. The lowest BCUT2D eigenvalue weighted by Gasteiger charge is -2.40. The van der Waals surface area contributed by atoms with Gasteiger partial charge in [-0.2, -0.15) is 18.4 Å². The largest absolute Gasteiger partial charge is 0.417 e. The fourth-order valence-electron chi connectivity index (χ4n) is 5.25. The van der Waals surface area contributed by atoms with Crippen LogP contribution in [0.15, 0.2) is 48.5 Å². The van der Waals surface area contributed by atoms with Crippen LogP contribution in [-0.2, 0) is 17.4 Å². The first-order valence-corrected chi connectivity index (χ1v) is 11.9. The number of primary amides is 1. The number of piperidine rings is 1. The van der Waals surface area contributed by atoms with E-state index in [0.717, 1.165) is 11.6 Å². The van der Waals surface area contributed by atoms with Gasteiger partial charge in [0.05, 0.1) is 17.2 Å². The van der Waals surface area contributed by atoms with Crippen molar-refractivity contribution < 1.29 is 22.8 Å². The zero-order valence-electron chi connectivity index (χ0n) is 19.7. The van der Waals surface area contributed by atoms with Gasteiger partial charge in [0.2, 0.25) is 5.91 Å². The van der Waals surface area contributed by atoms with Gasteiger partial charge in [0.15, 0.2) is 0 Å². The summed E-state index contributed by atoms with van der Waals surface area (Å²) >= 11 is 0. The monoisotopic (exact) mass is 499 g/mol. The van der Waals surface area contributed by atoms with Crippen LogP contribution in [0.25, 0.3) is 0 Å². The second-order valence-corrected chi connectivity index (χ2v) is 9.54. The number of urea groups is 1. The van der Waals surface area contributed by atoms with E-state index in [1.807, 2.05) is 35.2 Å². The van der Waals surface area contributed by atoms with Gasteiger partial charge in [0.25, 0.3) is 0 Å². The van der Waals surface area contributed by atoms with Gasteiger partial charge in [-0.3, -0.25) is 4.79 Å². The molecule has 3 amide bonds. The van der Waals surface area contributed by atoms with Gasteiger partial charge in [-0.05, 0) is 54.9 Å². The molecule has 0 radical (unpaired) electrons. The first kappa shape index (κ1) is 25.4. The number of nitriles is 1. The number of benzene rings is 2. The summed E-state index contributed by atoms with van der Waals surface area (Å²) in [6.07, 6.45) is -2.32. The van der Waals surface area contributed by atoms with E-state index in [1.165, 1.54) is 17.0 Å². The lowest BCUT2D eigenvalue weighted by atomic mass is 9.76. The Labute approximate surface area is 207 Å². The Morgan fingerprint density at radius 1 is 1.14 bits per heavy atom. The smallest absolute Gasteiger partial charge is 0.371 e. The van der Waals surface area contributed by atoms with Crippen molar-refractivity contribution in [3.8, 4) is 6.07 Å². The Kier molecular flexibility index (Phi) is 7.11. The van der Waals surface area contributed by atoms with Crippen LogP contribution in [0.2, 0.25) is 0 Å². The Hall–Kier alpha value is -3.74. The van der Waals surface area contributed by atoms with Crippen LogP contribution in [0.5, 0.6) is 0 Å². The molecule has 2 fully saturated rings. The summed E-state index contributed by atoms with van der Waals surface area (Å²) in [5.41, 5.74) is 5.44. The van der Waals surface area contributed by atoms with Crippen molar-refractivity contribution in [1.29, 1.82) is 5.26 Å². The molecule has 2 heterocycles. The molecule has 0 aliphatic carbocycles. The highest BCUT2D eigenvalue weighted by Crippen LogP contribution is 2.44. The van der Waals surface area contributed by atoms with Gasteiger partial charge < -0.3 is 20.9 Å². The number of amides is 3. The van der Waals surface area contributed by atoms with Crippen molar-refractivity contribution in [2.75, 3.05) is 31.1 Å². The minimum Gasteiger partial charge on any atom is -0.371 e. The van der Waals surface area contributed by atoms with E-state index in [0.29, 0.717) is 57.5 Å². The summed E-state index contributed by atoms with van der Waals surface area (Å²) in [6, 6.07) is 14.0. The quantitative estimate of drug-likeness (QED) is 0.655. The van der Waals surface area contributed by atoms with Crippen LogP contribution in [0, 0.1) is 16.7 Å². The van der Waals surface area contributed by atoms with Crippen LogP contribution < -0.4 is 16.0 Å². The number of nitrogens with one attached hydrogen (secondary N) is 1. The minimum absolute atomic E-state index is 0.327. The SMILES string of the molecule is N#Cc1ccc(N2CCC3(CC2)CC(C(N)=O)N(C(=O)NCCc2ccccc2)C3)cc1C(F)(F)F. The first-order chi connectivity index (χ1) is 17.1. The number of rotatable bonds is 5. The Balaban J connectivity index is 1.40. The maximum absolute atomic E-state index is 13.4. The van der Waals surface area contributed by atoms with Crippen LogP contribution in [0.1, 0.15) is 36.0 Å². The molecule has 2 aromatic carbocycles. The normalized spacial score (nSPS) is 19.2. The number of anilines is 1. The topological polar surface area (TPSA) is 102 Å². The number of hydrogen-bond acceptors (Lipinski definition) is 4. The molecular formula is C26H28F3N5O2. The van der Waals surface area contributed by atoms with Crippen LogP contribution in [-0.4, -0.2) is 49.1 Å². The van der Waals surface area contributed by atoms with Crippen molar-refractivity contribution in [2.24, 2.45) is 11.1 Å². The highest BCUT2D eigenvalue weighted by molar-refractivity contribution is 5.86. The zero-order valence-corrected chi connectivity index (χ0v) is 19.7. The summed E-state index contributed by atoms with van der Waals surface area (Å²) in [5, 5.41) is 11.9. The van der Waals surface area contributed by atoms with Crippen molar-refractivity contribution in [3.63, 3.8) is 0 Å². The molecule has 1 atom stereocenters. The molecule has 4 rings (SSSR count). The van der Waals surface area contributed by atoms with Crippen molar-refractivity contribution in [3.05, 3.63) is 65.2 Å². The third kappa shape index (κ3) is 5.40. The molecule has 36 heavy (non-hydrogen) atoms. The number of hydrogen-bond donors (Lipinski definition) is 2. The average Bonchev–Trinajstić information content (AvgIpc) is 3.24. The molecule has 190 valence electrons. The molecule has 0 aromatic heterocycles. The van der Waals surface area contributed by atoms with Crippen molar-refractivity contribution >= 4 is 17.6 Å². The summed E-state index contributed by atoms with van der Waals surface area (Å²) in [7, 11) is 0. The summed E-state index contributed by atoms with van der Waals surface area (Å²) in [5.74, 6) is -0.561. The van der Waals surface area contributed by atoms with E-state index in [4.69, 9.17) is 11.0 Å². The van der Waals surface area contributed by atoms with Crippen molar-refractivity contribution in [2.45, 2.75) is 37.9 Å². The molecular weight excluding hydrogens is 471 g/mol. The molecule has 0 saturated carbocycles. The van der Waals surface area contributed by atoms with Crippen LogP contribution >= 0.6 is 0 Å². The average molecular weight is 500 g/mol. The number of carbonyl (C=O) groups is 2. The number of nitrogens with two attached hydrogens (primary N) is 1. The van der Waals surface area contributed by atoms with Crippen LogP contribution in [0.3, 0.4) is 0 Å². The molecule has 3 N–H and O–H groups in total. The maximum Gasteiger partial charge on any atom is 0.417 e. The second-order valence-electron chi connectivity index (χ2n) is 9.54. The van der Waals surface area contributed by atoms with Crippen molar-refractivity contribution in [1.82, 2.24) is 10.2 Å². The fourth-order valence-corrected chi connectivity index (χ4v) is 5.25. The minimum atomic E-state index is -4.62. The first-order valence-electron chi connectivity index (χ1n) is 11.9. The lowest BCUT2D eigenvalue weighted by Crippen LogP contribution is -2.49. The number of nitrogens with zero attached hydrogens (tertiary/aromatic N) is 3. The van der Waals surface area contributed by atoms with Gasteiger partial charge in [-0.15, -0.1) is 0 Å². The van der Waals surface area contributed by atoms with E-state index in [9.17, 15) is 22.8 Å². The Morgan fingerprint density at radius 3 is 2.44 bits per heavy atom. The molecule has 2 aliphatic heterocycles. The summed E-state index contributed by atoms with van der Waals surface area (Å²) < 4.78 is 40.2. The number of halogens is 3. The van der Waals surface area contributed by atoms with E-state index in [1.54, 1.807) is 6.07 Å². The molecule has 0 bridgehead atoms. The standard InChI is InChI=1S/C26H28F3N5O2/c27-26(28,29)21-14-20(7-6-19(21)16-30)33-12-9-25(10-13-33)15-22(23(31)35)34(17-25)24(36)32-11-8-18-4-2-1-3-5-18/h1-7,14,22H,8-13,15,17H2,(H2,31,35)(H,32,36). The van der Waals surface area contributed by atoms with E-state index in [-0.39, 0.29) is 11.4 Å². The van der Waals surface area contributed by atoms with Gasteiger partial charge in [0, 0.05) is 31.9 Å². The number of alkyl halides is 3. The predicted octanol–water partition coefficient (Wildman–Crippen LogP) is 3.68. The van der Waals surface area contributed by atoms with E-state index in [2.05, 4.69) is 5.32 Å². The zero-order chi connectivity index (χ0) is 25.9. The molecule has 1 spiro atoms. The maximum atomic E-state index is 13.4. The highest BCUT2D eigenvalue weighted by atomic mass is 19.4.